The predicted octanol–water partition coefficient (Wildman–Crippen LogP) is 4.42. The highest BCUT2D eigenvalue weighted by atomic mass is 35.5. The summed E-state index contributed by atoms with van der Waals surface area (Å²) in [5.74, 6) is -0.610. The number of para-hydroxylation sites is 1. The number of nitrogens with zero attached hydrogens (tertiary/aromatic N) is 5. The van der Waals surface area contributed by atoms with E-state index in [9.17, 15) is 9.18 Å². The van der Waals surface area contributed by atoms with Crippen LogP contribution in [0.1, 0.15) is 27.8 Å². The average molecular weight is 425 g/mol. The number of carbonyl (C=O) groups excluding carboxylic acids is 1. The molecule has 0 aliphatic rings. The molecule has 0 aliphatic heterocycles. The summed E-state index contributed by atoms with van der Waals surface area (Å²) in [7, 11) is 0. The van der Waals surface area contributed by atoms with Crippen molar-refractivity contribution in [2.45, 2.75) is 20.8 Å². The second-order valence-electron chi connectivity index (χ2n) is 6.81. The van der Waals surface area contributed by atoms with Crippen LogP contribution in [-0.4, -0.2) is 30.5 Å². The minimum absolute atomic E-state index is 0.0459. The number of halogens is 2. The zero-order valence-electron chi connectivity index (χ0n) is 16.5. The summed E-state index contributed by atoms with van der Waals surface area (Å²) >= 11 is 6.21. The number of aryl methyl sites for hydroxylation is 3. The molecule has 9 heteroatoms. The van der Waals surface area contributed by atoms with Gasteiger partial charge in [0.05, 0.1) is 16.4 Å². The molecule has 0 saturated carbocycles. The molecule has 0 unspecified atom stereocenters. The van der Waals surface area contributed by atoms with Crippen LogP contribution in [-0.2, 0) is 0 Å². The van der Waals surface area contributed by atoms with Gasteiger partial charge in [-0.15, -0.1) is 5.10 Å². The van der Waals surface area contributed by atoms with E-state index < -0.39 is 11.7 Å². The molecule has 2 aromatic heterocycles. The number of anilines is 1. The van der Waals surface area contributed by atoms with Crippen LogP contribution in [0.15, 0.2) is 48.5 Å². The summed E-state index contributed by atoms with van der Waals surface area (Å²) in [4.78, 5) is 16.8. The van der Waals surface area contributed by atoms with Gasteiger partial charge in [-0.3, -0.25) is 4.79 Å². The van der Waals surface area contributed by atoms with E-state index in [1.54, 1.807) is 37.3 Å². The van der Waals surface area contributed by atoms with Crippen LogP contribution in [0.2, 0.25) is 5.02 Å². The first-order valence-corrected chi connectivity index (χ1v) is 9.54. The summed E-state index contributed by atoms with van der Waals surface area (Å²) < 4.78 is 17.7. The standard InChI is InChI=1S/C21H18ClFN6O/c1-12-10-13(2)28(26-12)19-9-8-15(11-17(19)23)25-21(30)20-24-14(3)29(27-20)18-7-5-4-6-16(18)22/h4-11H,1-3H3,(H,25,30). The maximum Gasteiger partial charge on any atom is 0.295 e. The van der Waals surface area contributed by atoms with Gasteiger partial charge in [0.15, 0.2) is 5.82 Å². The monoisotopic (exact) mass is 424 g/mol. The number of hydrogen-bond donors (Lipinski definition) is 1. The molecule has 1 amide bonds. The maximum atomic E-state index is 14.6. The van der Waals surface area contributed by atoms with Crippen molar-refractivity contribution in [1.29, 1.82) is 0 Å². The Kier molecular flexibility index (Phi) is 5.09. The van der Waals surface area contributed by atoms with Crippen LogP contribution in [0, 0.1) is 26.6 Å². The van der Waals surface area contributed by atoms with Crippen LogP contribution in [0.25, 0.3) is 11.4 Å². The fourth-order valence-corrected chi connectivity index (χ4v) is 3.37. The van der Waals surface area contributed by atoms with Crippen molar-refractivity contribution in [1.82, 2.24) is 24.5 Å². The highest BCUT2D eigenvalue weighted by Gasteiger charge is 2.18. The Morgan fingerprint density at radius 1 is 1.00 bits per heavy atom. The van der Waals surface area contributed by atoms with Gasteiger partial charge < -0.3 is 5.32 Å². The van der Waals surface area contributed by atoms with E-state index in [1.807, 2.05) is 26.0 Å². The first-order valence-electron chi connectivity index (χ1n) is 9.16. The van der Waals surface area contributed by atoms with Crippen molar-refractivity contribution in [3.8, 4) is 11.4 Å². The van der Waals surface area contributed by atoms with Gasteiger partial charge in [0.25, 0.3) is 5.91 Å². The first kappa shape index (κ1) is 19.8. The third-order valence-electron chi connectivity index (χ3n) is 4.50. The van der Waals surface area contributed by atoms with E-state index in [2.05, 4.69) is 20.5 Å². The quantitative estimate of drug-likeness (QED) is 0.526. The van der Waals surface area contributed by atoms with E-state index >= 15 is 0 Å². The Labute approximate surface area is 177 Å². The van der Waals surface area contributed by atoms with Crippen molar-refractivity contribution < 1.29 is 9.18 Å². The highest BCUT2D eigenvalue weighted by molar-refractivity contribution is 6.32. The van der Waals surface area contributed by atoms with Crippen LogP contribution in [0.5, 0.6) is 0 Å². The van der Waals surface area contributed by atoms with E-state index in [-0.39, 0.29) is 11.5 Å². The molecule has 1 N–H and O–H groups in total. The Hall–Kier alpha value is -3.52. The Morgan fingerprint density at radius 3 is 2.43 bits per heavy atom. The van der Waals surface area contributed by atoms with Crippen LogP contribution in [0.4, 0.5) is 10.1 Å². The molecular formula is C21H18ClFN6O. The molecule has 0 bridgehead atoms. The van der Waals surface area contributed by atoms with E-state index in [4.69, 9.17) is 11.6 Å². The van der Waals surface area contributed by atoms with Crippen LogP contribution in [0.3, 0.4) is 0 Å². The molecule has 0 spiro atoms. The molecule has 30 heavy (non-hydrogen) atoms. The minimum Gasteiger partial charge on any atom is -0.319 e. The number of benzene rings is 2. The number of aromatic nitrogens is 5. The van der Waals surface area contributed by atoms with Gasteiger partial charge in [0, 0.05) is 11.4 Å². The lowest BCUT2D eigenvalue weighted by atomic mass is 10.2. The molecule has 4 rings (SSSR count). The molecule has 0 saturated heterocycles. The largest absolute Gasteiger partial charge is 0.319 e. The molecule has 2 heterocycles. The smallest absolute Gasteiger partial charge is 0.295 e. The van der Waals surface area contributed by atoms with E-state index in [0.29, 0.717) is 22.2 Å². The van der Waals surface area contributed by atoms with Gasteiger partial charge in [-0.25, -0.2) is 18.7 Å². The molecular weight excluding hydrogens is 407 g/mol. The highest BCUT2D eigenvalue weighted by Crippen LogP contribution is 2.22. The third kappa shape index (κ3) is 3.69. The van der Waals surface area contributed by atoms with Crippen LogP contribution < -0.4 is 5.32 Å². The maximum absolute atomic E-state index is 14.6. The van der Waals surface area contributed by atoms with E-state index in [0.717, 1.165) is 11.4 Å². The van der Waals surface area contributed by atoms with Crippen molar-refractivity contribution in [3.63, 3.8) is 0 Å². The topological polar surface area (TPSA) is 77.6 Å². The normalized spacial score (nSPS) is 11.0. The number of nitrogens with one attached hydrogen (secondary N) is 1. The number of hydrogen-bond acceptors (Lipinski definition) is 4. The van der Waals surface area contributed by atoms with Gasteiger partial charge in [-0.1, -0.05) is 23.7 Å². The van der Waals surface area contributed by atoms with Crippen molar-refractivity contribution >= 4 is 23.2 Å². The molecule has 152 valence electrons. The van der Waals surface area contributed by atoms with Gasteiger partial charge in [-0.2, -0.15) is 5.10 Å². The van der Waals surface area contributed by atoms with Crippen molar-refractivity contribution in [2.24, 2.45) is 0 Å². The zero-order valence-corrected chi connectivity index (χ0v) is 17.3. The molecule has 0 radical (unpaired) electrons. The Balaban J connectivity index is 1.58. The fourth-order valence-electron chi connectivity index (χ4n) is 3.15. The van der Waals surface area contributed by atoms with Gasteiger partial charge in [0.2, 0.25) is 5.82 Å². The van der Waals surface area contributed by atoms with Gasteiger partial charge in [0.1, 0.15) is 11.5 Å². The third-order valence-corrected chi connectivity index (χ3v) is 4.82. The number of carbonyl (C=O) groups is 1. The van der Waals surface area contributed by atoms with Crippen molar-refractivity contribution in [3.05, 3.63) is 82.4 Å². The lowest BCUT2D eigenvalue weighted by Crippen LogP contribution is -2.15. The van der Waals surface area contributed by atoms with Gasteiger partial charge in [-0.05, 0) is 57.2 Å². The second-order valence-corrected chi connectivity index (χ2v) is 7.21. The predicted molar refractivity (Wildman–Crippen MR) is 112 cm³/mol. The zero-order chi connectivity index (χ0) is 21.4. The molecule has 2 aromatic carbocycles. The number of rotatable bonds is 4. The van der Waals surface area contributed by atoms with Gasteiger partial charge >= 0.3 is 0 Å². The summed E-state index contributed by atoms with van der Waals surface area (Å²) in [5, 5.41) is 11.6. The molecule has 7 nitrogen and oxygen atoms in total. The second kappa shape index (κ2) is 7.72. The molecule has 0 atom stereocenters. The Morgan fingerprint density at radius 2 is 1.77 bits per heavy atom. The number of amides is 1. The first-order chi connectivity index (χ1) is 14.3. The molecule has 0 fully saturated rings. The van der Waals surface area contributed by atoms with E-state index in [1.165, 1.54) is 15.4 Å². The summed E-state index contributed by atoms with van der Waals surface area (Å²) in [6.45, 7) is 5.40. The minimum atomic E-state index is -0.554. The molecule has 0 aliphatic carbocycles. The summed E-state index contributed by atoms with van der Waals surface area (Å²) in [6, 6.07) is 13.4. The summed E-state index contributed by atoms with van der Waals surface area (Å²) in [5.41, 5.74) is 2.81. The fraction of sp³-hybridized carbons (Fsp3) is 0.143. The van der Waals surface area contributed by atoms with Crippen LogP contribution >= 0.6 is 11.6 Å². The average Bonchev–Trinajstić information content (AvgIpc) is 3.24. The Bertz CT molecular complexity index is 1260. The lowest BCUT2D eigenvalue weighted by molar-refractivity contribution is 0.101. The molecule has 4 aromatic rings. The van der Waals surface area contributed by atoms with Crippen molar-refractivity contribution in [2.75, 3.05) is 5.32 Å². The lowest BCUT2D eigenvalue weighted by Gasteiger charge is -2.08. The summed E-state index contributed by atoms with van der Waals surface area (Å²) in [6.07, 6.45) is 0. The SMILES string of the molecule is Cc1cc(C)n(-c2ccc(NC(=O)c3nc(C)n(-c4ccccc4Cl)n3)cc2F)n1.